The Morgan fingerprint density at radius 1 is 1.08 bits per heavy atom. The summed E-state index contributed by atoms with van der Waals surface area (Å²) < 4.78 is 5.87. The number of methoxy groups -OCH3 is 1. The minimum absolute atomic E-state index is 0.118. The number of nitrogens with one attached hydrogen (secondary N) is 2. The molecule has 0 fully saturated rings. The third kappa shape index (κ3) is 4.43. The topological polar surface area (TPSA) is 113 Å². The quantitative estimate of drug-likeness (QED) is 0.319. The van der Waals surface area contributed by atoms with Crippen molar-refractivity contribution in [2.75, 3.05) is 25.5 Å². The third-order valence-electron chi connectivity index (χ3n) is 6.39. The second-order valence-electron chi connectivity index (χ2n) is 8.63. The third-order valence-corrected chi connectivity index (χ3v) is 7.18. The lowest BCUT2D eigenvalue weighted by molar-refractivity contribution is 0.0600. The molecule has 0 bridgehead atoms. The predicted molar refractivity (Wildman–Crippen MR) is 143 cm³/mol. The number of thiazole rings is 1. The van der Waals surface area contributed by atoms with Crippen LogP contribution in [0, 0.1) is 0 Å². The van der Waals surface area contributed by atoms with Crippen molar-refractivity contribution in [2.45, 2.75) is 6.42 Å². The second-order valence-corrected chi connectivity index (χ2v) is 9.52. The van der Waals surface area contributed by atoms with E-state index in [1.807, 2.05) is 23.7 Å². The Morgan fingerprint density at radius 2 is 1.97 bits per heavy atom. The van der Waals surface area contributed by atoms with Gasteiger partial charge < -0.3 is 19.9 Å². The Morgan fingerprint density at radius 3 is 2.81 bits per heavy atom. The lowest BCUT2D eigenvalue weighted by atomic mass is 10.0. The van der Waals surface area contributed by atoms with Crippen molar-refractivity contribution in [3.8, 4) is 0 Å². The monoisotopic (exact) mass is 510 g/mol. The standard InChI is InChI=1S/C27H22N6O3S/c1-36-27(35)18-4-2-3-17(11-18)26(34)33-9-7-16(8-10-33)22-13-20-24(28-14-29-25(20)32-22)31-19-5-6-21-23(12-19)37-15-30-21/h2-7,11-15H,8-10H2,1H3,(H2,28,29,31,32). The molecular formula is C27H22N6O3S. The number of carbonyl (C=O) groups is 2. The van der Waals surface area contributed by atoms with Crippen LogP contribution in [0.4, 0.5) is 11.5 Å². The largest absolute Gasteiger partial charge is 0.465 e. The van der Waals surface area contributed by atoms with E-state index >= 15 is 0 Å². The van der Waals surface area contributed by atoms with Crippen LogP contribution >= 0.6 is 11.3 Å². The molecular weight excluding hydrogens is 488 g/mol. The van der Waals surface area contributed by atoms with E-state index in [1.54, 1.807) is 40.5 Å². The van der Waals surface area contributed by atoms with Crippen molar-refractivity contribution in [3.05, 3.63) is 83.3 Å². The van der Waals surface area contributed by atoms with Gasteiger partial charge in [0.1, 0.15) is 17.8 Å². The highest BCUT2D eigenvalue weighted by Gasteiger charge is 2.21. The summed E-state index contributed by atoms with van der Waals surface area (Å²) in [6, 6.07) is 14.7. The van der Waals surface area contributed by atoms with E-state index in [-0.39, 0.29) is 5.91 Å². The second kappa shape index (κ2) is 9.47. The molecule has 2 aromatic carbocycles. The van der Waals surface area contributed by atoms with Crippen LogP contribution in [-0.4, -0.2) is 56.9 Å². The van der Waals surface area contributed by atoms with E-state index in [0.29, 0.717) is 30.6 Å². The van der Waals surface area contributed by atoms with Gasteiger partial charge in [-0.2, -0.15) is 0 Å². The molecule has 0 unspecified atom stereocenters. The number of esters is 1. The highest BCUT2D eigenvalue weighted by atomic mass is 32.1. The number of aromatic amines is 1. The molecule has 9 nitrogen and oxygen atoms in total. The van der Waals surface area contributed by atoms with Crippen molar-refractivity contribution < 1.29 is 14.3 Å². The summed E-state index contributed by atoms with van der Waals surface area (Å²) in [6.07, 6.45) is 4.27. The lowest BCUT2D eigenvalue weighted by Crippen LogP contribution is -2.34. The minimum Gasteiger partial charge on any atom is -0.465 e. The maximum atomic E-state index is 13.0. The summed E-state index contributed by atoms with van der Waals surface area (Å²) >= 11 is 1.60. The molecule has 37 heavy (non-hydrogen) atoms. The Balaban J connectivity index is 1.21. The molecule has 1 aliphatic heterocycles. The molecule has 5 aromatic rings. The molecule has 3 aromatic heterocycles. The molecule has 0 saturated heterocycles. The van der Waals surface area contributed by atoms with E-state index in [1.165, 1.54) is 13.4 Å². The number of fused-ring (bicyclic) bond motifs is 2. The zero-order valence-electron chi connectivity index (χ0n) is 19.9. The van der Waals surface area contributed by atoms with Crippen molar-refractivity contribution in [1.29, 1.82) is 0 Å². The van der Waals surface area contributed by atoms with E-state index in [9.17, 15) is 9.59 Å². The first-order valence-corrected chi connectivity index (χ1v) is 12.6. The van der Waals surface area contributed by atoms with Crippen LogP contribution in [0.5, 0.6) is 0 Å². The predicted octanol–water partition coefficient (Wildman–Crippen LogP) is 5.03. The van der Waals surface area contributed by atoms with Crippen molar-refractivity contribution in [2.24, 2.45) is 0 Å². The zero-order valence-corrected chi connectivity index (χ0v) is 20.7. The summed E-state index contributed by atoms with van der Waals surface area (Å²) in [4.78, 5) is 43.2. The van der Waals surface area contributed by atoms with Crippen LogP contribution in [0.15, 0.2) is 66.4 Å². The summed E-state index contributed by atoms with van der Waals surface area (Å²) in [5.41, 5.74) is 7.37. The maximum absolute atomic E-state index is 13.0. The molecule has 1 amide bonds. The van der Waals surface area contributed by atoms with Crippen LogP contribution in [0.1, 0.15) is 32.8 Å². The molecule has 0 spiro atoms. The van der Waals surface area contributed by atoms with Crippen molar-refractivity contribution >= 4 is 61.5 Å². The summed E-state index contributed by atoms with van der Waals surface area (Å²) in [6.45, 7) is 1.03. The Hall–Kier alpha value is -4.57. The number of anilines is 2. The molecule has 6 rings (SSSR count). The minimum atomic E-state index is -0.463. The number of hydrogen-bond donors (Lipinski definition) is 2. The fourth-order valence-corrected chi connectivity index (χ4v) is 5.18. The van der Waals surface area contributed by atoms with Gasteiger partial charge in [-0.25, -0.2) is 19.7 Å². The van der Waals surface area contributed by atoms with E-state index in [0.717, 1.165) is 44.0 Å². The van der Waals surface area contributed by atoms with Crippen LogP contribution in [0.2, 0.25) is 0 Å². The average Bonchev–Trinajstić information content (AvgIpc) is 3.60. The highest BCUT2D eigenvalue weighted by molar-refractivity contribution is 7.16. The van der Waals surface area contributed by atoms with Gasteiger partial charge in [0.15, 0.2) is 0 Å². The number of nitrogens with zero attached hydrogens (tertiary/aromatic N) is 4. The van der Waals surface area contributed by atoms with Crippen LogP contribution < -0.4 is 5.32 Å². The number of carbonyl (C=O) groups excluding carboxylic acids is 2. The number of benzene rings is 2. The molecule has 0 saturated carbocycles. The number of rotatable bonds is 5. The average molecular weight is 511 g/mol. The number of aromatic nitrogens is 4. The summed E-state index contributed by atoms with van der Waals surface area (Å²) in [7, 11) is 1.32. The van der Waals surface area contributed by atoms with Gasteiger partial charge in [-0.1, -0.05) is 12.1 Å². The van der Waals surface area contributed by atoms with Crippen molar-refractivity contribution in [1.82, 2.24) is 24.8 Å². The van der Waals surface area contributed by atoms with Crippen LogP contribution in [0.3, 0.4) is 0 Å². The molecule has 10 heteroatoms. The van der Waals surface area contributed by atoms with Crippen molar-refractivity contribution in [3.63, 3.8) is 0 Å². The fourth-order valence-electron chi connectivity index (χ4n) is 4.46. The molecule has 0 radical (unpaired) electrons. The first-order chi connectivity index (χ1) is 18.1. The highest BCUT2D eigenvalue weighted by Crippen LogP contribution is 2.30. The summed E-state index contributed by atoms with van der Waals surface area (Å²) in [5.74, 6) is 0.137. The normalized spacial score (nSPS) is 13.5. The first kappa shape index (κ1) is 22.9. The Labute approximate surface area is 215 Å². The van der Waals surface area contributed by atoms with Crippen LogP contribution in [-0.2, 0) is 4.74 Å². The number of hydrogen-bond acceptors (Lipinski definition) is 8. The Bertz CT molecular complexity index is 1690. The Kier molecular flexibility index (Phi) is 5.85. The van der Waals surface area contributed by atoms with Gasteiger partial charge in [0, 0.05) is 30.0 Å². The molecule has 184 valence electrons. The van der Waals surface area contributed by atoms with Gasteiger partial charge in [0.05, 0.1) is 33.8 Å². The first-order valence-electron chi connectivity index (χ1n) is 11.7. The van der Waals surface area contributed by atoms with Gasteiger partial charge >= 0.3 is 5.97 Å². The van der Waals surface area contributed by atoms with Gasteiger partial charge in [-0.15, -0.1) is 11.3 Å². The zero-order chi connectivity index (χ0) is 25.4. The maximum Gasteiger partial charge on any atom is 0.337 e. The number of amides is 1. The number of H-pyrrole nitrogens is 1. The van der Waals surface area contributed by atoms with Gasteiger partial charge in [0.25, 0.3) is 5.91 Å². The molecule has 4 heterocycles. The van der Waals surface area contributed by atoms with Crippen LogP contribution in [0.25, 0.3) is 26.8 Å². The molecule has 2 N–H and O–H groups in total. The van der Waals surface area contributed by atoms with E-state index < -0.39 is 5.97 Å². The van der Waals surface area contributed by atoms with Gasteiger partial charge in [-0.05, 0) is 54.5 Å². The van der Waals surface area contributed by atoms with Gasteiger partial charge in [0.2, 0.25) is 0 Å². The molecule has 0 atom stereocenters. The fraction of sp³-hybridized carbons (Fsp3) is 0.148. The molecule has 1 aliphatic rings. The lowest BCUT2D eigenvalue weighted by Gasteiger charge is -2.26. The smallest absolute Gasteiger partial charge is 0.337 e. The van der Waals surface area contributed by atoms with Gasteiger partial charge in [-0.3, -0.25) is 4.79 Å². The van der Waals surface area contributed by atoms with E-state index in [4.69, 9.17) is 4.74 Å². The SMILES string of the molecule is COC(=O)c1cccc(C(=O)N2CC=C(c3cc4c(Nc5ccc6ncsc6c5)ncnc4[nH]3)CC2)c1. The van der Waals surface area contributed by atoms with E-state index in [2.05, 4.69) is 37.4 Å². The number of ether oxygens (including phenoxy) is 1. The molecule has 0 aliphatic carbocycles. The summed E-state index contributed by atoms with van der Waals surface area (Å²) in [5, 5.41) is 4.29.